The molecule has 3 aliphatic rings. The fourth-order valence-corrected chi connectivity index (χ4v) is 6.07. The number of nitrogens with one attached hydrogen (secondary N) is 1. The normalized spacial score (nSPS) is 22.3. The van der Waals surface area contributed by atoms with Crippen molar-refractivity contribution in [1.29, 1.82) is 0 Å². The molecule has 2 saturated heterocycles. The number of aliphatic hydroxyl groups excluding tert-OH is 1. The number of benzene rings is 2. The lowest BCUT2D eigenvalue weighted by Crippen LogP contribution is -2.54. The molecule has 10 nitrogen and oxygen atoms in total. The predicted molar refractivity (Wildman–Crippen MR) is 155 cm³/mol. The van der Waals surface area contributed by atoms with Crippen LogP contribution in [0.1, 0.15) is 72.4 Å². The van der Waals surface area contributed by atoms with Gasteiger partial charge in [-0.2, -0.15) is 0 Å². The van der Waals surface area contributed by atoms with Gasteiger partial charge in [-0.3, -0.25) is 14.5 Å². The second-order valence-corrected chi connectivity index (χ2v) is 12.2. The van der Waals surface area contributed by atoms with E-state index in [4.69, 9.17) is 14.2 Å². The summed E-state index contributed by atoms with van der Waals surface area (Å²) in [5.74, 6) is -0.227. The van der Waals surface area contributed by atoms with Crippen LogP contribution >= 0.6 is 0 Å². The van der Waals surface area contributed by atoms with E-state index in [1.807, 2.05) is 36.1 Å². The van der Waals surface area contributed by atoms with E-state index in [0.717, 1.165) is 24.0 Å². The second-order valence-electron chi connectivity index (χ2n) is 12.2. The molecule has 2 bridgehead atoms. The first kappa shape index (κ1) is 29.8. The summed E-state index contributed by atoms with van der Waals surface area (Å²) in [6.07, 6.45) is 0.713. The summed E-state index contributed by atoms with van der Waals surface area (Å²) < 4.78 is 17.0. The number of ether oxygens (including phenoxy) is 3. The number of hydrogen-bond donors (Lipinski definition) is 2. The lowest BCUT2D eigenvalue weighted by Gasteiger charge is -2.40. The summed E-state index contributed by atoms with van der Waals surface area (Å²) in [7, 11) is 0. The maximum absolute atomic E-state index is 13.4. The molecule has 2 aromatic carbocycles. The molecule has 2 fully saturated rings. The van der Waals surface area contributed by atoms with Gasteiger partial charge in [0.05, 0.1) is 49.6 Å². The third-order valence-corrected chi connectivity index (χ3v) is 8.08. The van der Waals surface area contributed by atoms with E-state index in [1.54, 1.807) is 39.0 Å². The highest BCUT2D eigenvalue weighted by atomic mass is 16.6. The second kappa shape index (κ2) is 12.3. The molecule has 3 aliphatic heterocycles. The van der Waals surface area contributed by atoms with Gasteiger partial charge in [-0.05, 0) is 76.3 Å². The van der Waals surface area contributed by atoms with Gasteiger partial charge in [0, 0.05) is 18.7 Å². The van der Waals surface area contributed by atoms with Gasteiger partial charge in [0.2, 0.25) is 0 Å². The molecule has 2 N–H and O–H groups in total. The maximum atomic E-state index is 13.4. The Balaban J connectivity index is 1.29. The summed E-state index contributed by atoms with van der Waals surface area (Å²) >= 11 is 0. The number of aliphatic hydroxyl groups is 1. The lowest BCUT2D eigenvalue weighted by atomic mass is 9.91. The van der Waals surface area contributed by atoms with Crippen molar-refractivity contribution in [2.45, 2.75) is 83.3 Å². The molecule has 0 aromatic heterocycles. The summed E-state index contributed by atoms with van der Waals surface area (Å²) in [4.78, 5) is 43.2. The Hall–Kier alpha value is -3.63. The van der Waals surface area contributed by atoms with Crippen LogP contribution in [0.15, 0.2) is 42.5 Å². The van der Waals surface area contributed by atoms with Gasteiger partial charge >= 0.3 is 6.09 Å². The van der Waals surface area contributed by atoms with Crippen LogP contribution in [0.2, 0.25) is 0 Å². The number of hydrogen-bond acceptors (Lipinski definition) is 7. The Bertz CT molecular complexity index is 1310. The molecule has 3 heterocycles. The minimum Gasteiger partial charge on any atom is -0.493 e. The van der Waals surface area contributed by atoms with Crippen molar-refractivity contribution in [3.05, 3.63) is 64.7 Å². The summed E-state index contributed by atoms with van der Waals surface area (Å²) in [6.45, 7) is 8.83. The number of carbonyl (C=O) groups excluding carboxylic acids is 3. The topological polar surface area (TPSA) is 118 Å². The van der Waals surface area contributed by atoms with Crippen LogP contribution in [-0.2, 0) is 22.4 Å². The smallest absolute Gasteiger partial charge is 0.410 e. The van der Waals surface area contributed by atoms with Crippen molar-refractivity contribution in [3.63, 3.8) is 0 Å². The molecule has 0 radical (unpaired) electrons. The molecule has 5 rings (SSSR count). The van der Waals surface area contributed by atoms with Crippen LogP contribution in [0.4, 0.5) is 4.79 Å². The average Bonchev–Trinajstić information content (AvgIpc) is 3.21. The number of carbonyl (C=O) groups is 3. The van der Waals surface area contributed by atoms with Gasteiger partial charge in [-0.15, -0.1) is 0 Å². The predicted octanol–water partition coefficient (Wildman–Crippen LogP) is 3.54. The minimum atomic E-state index is -1.05. The van der Waals surface area contributed by atoms with E-state index in [2.05, 4.69) is 5.32 Å². The Labute approximate surface area is 246 Å². The Morgan fingerprint density at radius 2 is 1.76 bits per heavy atom. The minimum absolute atomic E-state index is 0.0725. The Kier molecular flexibility index (Phi) is 8.75. The van der Waals surface area contributed by atoms with Crippen LogP contribution < -0.4 is 10.1 Å². The van der Waals surface area contributed by atoms with Crippen molar-refractivity contribution in [2.75, 3.05) is 26.4 Å². The molecule has 2 unspecified atom stereocenters. The fraction of sp³-hybridized carbons (Fsp3) is 0.531. The molecule has 0 saturated carbocycles. The van der Waals surface area contributed by atoms with Gasteiger partial charge in [-0.1, -0.05) is 24.3 Å². The number of amides is 3. The van der Waals surface area contributed by atoms with Crippen molar-refractivity contribution in [2.24, 2.45) is 0 Å². The van der Waals surface area contributed by atoms with Crippen molar-refractivity contribution < 1.29 is 33.7 Å². The molecule has 226 valence electrons. The van der Waals surface area contributed by atoms with Crippen LogP contribution in [0.3, 0.4) is 0 Å². The quantitative estimate of drug-likeness (QED) is 0.515. The molecular formula is C32H41N3O7. The first-order chi connectivity index (χ1) is 20.1. The maximum Gasteiger partial charge on any atom is 0.410 e. The zero-order valence-electron chi connectivity index (χ0n) is 24.8. The lowest BCUT2D eigenvalue weighted by molar-refractivity contribution is -0.0113. The number of rotatable bonds is 7. The third kappa shape index (κ3) is 6.39. The molecule has 10 heteroatoms. The molecule has 0 spiro atoms. The Morgan fingerprint density at radius 3 is 2.43 bits per heavy atom. The summed E-state index contributed by atoms with van der Waals surface area (Å²) in [5, 5.41) is 14.0. The van der Waals surface area contributed by atoms with Crippen molar-refractivity contribution >= 4 is 17.9 Å². The Morgan fingerprint density at radius 1 is 1.07 bits per heavy atom. The first-order valence-corrected chi connectivity index (χ1v) is 14.8. The van der Waals surface area contributed by atoms with Crippen LogP contribution in [0.25, 0.3) is 0 Å². The highest BCUT2D eigenvalue weighted by Gasteiger charge is 2.41. The molecule has 3 amide bonds. The van der Waals surface area contributed by atoms with Gasteiger partial charge in [0.15, 0.2) is 0 Å². The van der Waals surface area contributed by atoms with Crippen molar-refractivity contribution in [1.82, 2.24) is 15.1 Å². The van der Waals surface area contributed by atoms with E-state index in [-0.39, 0.29) is 30.1 Å². The molecule has 0 aliphatic carbocycles. The molecule has 4 atom stereocenters. The van der Waals surface area contributed by atoms with Crippen molar-refractivity contribution in [3.8, 4) is 5.75 Å². The highest BCUT2D eigenvalue weighted by molar-refractivity contribution is 6.00. The number of fused-ring (bicyclic) bond motifs is 3. The van der Waals surface area contributed by atoms with Gasteiger partial charge in [0.25, 0.3) is 11.8 Å². The highest BCUT2D eigenvalue weighted by Crippen LogP contribution is 2.32. The number of morpholine rings is 1. The van der Waals surface area contributed by atoms with Crippen LogP contribution in [0, 0.1) is 0 Å². The van der Waals surface area contributed by atoms with Gasteiger partial charge in [-0.25, -0.2) is 4.79 Å². The SMILES string of the molecule is CCOc1cc(C(=O)N2C3CCC2COC3)ccc1C(=O)NC[C@H](O)[C@H]1Cc2ccccc2CN1C(=O)OC(C)(C)C. The largest absolute Gasteiger partial charge is 0.493 e. The third-order valence-electron chi connectivity index (χ3n) is 8.08. The number of nitrogens with zero attached hydrogens (tertiary/aromatic N) is 2. The zero-order chi connectivity index (χ0) is 30.0. The van der Waals surface area contributed by atoms with E-state index in [9.17, 15) is 19.5 Å². The van der Waals surface area contributed by atoms with Gasteiger partial charge < -0.3 is 29.5 Å². The standard InChI is InChI=1S/C32H41N3O7/c1-5-41-28-15-21(30(38)35-23-11-12-24(35)19-40-18-23)10-13-25(28)29(37)33-16-27(36)26-14-20-8-6-7-9-22(20)17-34(26)31(39)42-32(2,3)4/h6-10,13,15,23-24,26-27,36H,5,11-12,14,16-19H2,1-4H3,(H,33,37)/t23?,24?,26-,27+/m1/s1. The monoisotopic (exact) mass is 579 g/mol. The molecule has 2 aromatic rings. The zero-order valence-corrected chi connectivity index (χ0v) is 24.8. The fourth-order valence-electron chi connectivity index (χ4n) is 6.07. The average molecular weight is 580 g/mol. The van der Waals surface area contributed by atoms with E-state index >= 15 is 0 Å². The summed E-state index contributed by atoms with van der Waals surface area (Å²) in [5.41, 5.74) is 2.07. The van der Waals surface area contributed by atoms with Crippen LogP contribution in [0.5, 0.6) is 5.75 Å². The van der Waals surface area contributed by atoms with E-state index in [0.29, 0.717) is 44.1 Å². The molecule has 42 heavy (non-hydrogen) atoms. The van der Waals surface area contributed by atoms with Gasteiger partial charge in [0.1, 0.15) is 11.4 Å². The van der Waals surface area contributed by atoms with E-state index < -0.39 is 29.7 Å². The summed E-state index contributed by atoms with van der Waals surface area (Å²) in [6, 6.07) is 12.2. The van der Waals surface area contributed by atoms with Crippen LogP contribution in [-0.4, -0.2) is 89.0 Å². The van der Waals surface area contributed by atoms with E-state index in [1.165, 1.54) is 4.90 Å². The first-order valence-electron chi connectivity index (χ1n) is 14.8. The molecular weight excluding hydrogens is 538 g/mol.